The monoisotopic (exact) mass is 474 g/mol. The van der Waals surface area contributed by atoms with Crippen molar-refractivity contribution in [2.24, 2.45) is 0 Å². The van der Waals surface area contributed by atoms with E-state index >= 15 is 0 Å². The second kappa shape index (κ2) is 10.6. The maximum Gasteiger partial charge on any atom is 0.228 e. The van der Waals surface area contributed by atoms with Gasteiger partial charge in [-0.25, -0.2) is 9.37 Å². The zero-order valence-corrected chi connectivity index (χ0v) is 19.5. The van der Waals surface area contributed by atoms with E-state index in [-0.39, 0.29) is 23.2 Å². The Balaban J connectivity index is 1.79. The second-order valence-corrected chi connectivity index (χ2v) is 8.53. The van der Waals surface area contributed by atoms with Crippen LogP contribution in [0.25, 0.3) is 11.4 Å². The third-order valence-electron chi connectivity index (χ3n) is 4.37. The Morgan fingerprint density at radius 1 is 1.22 bits per heavy atom. The fourth-order valence-electron chi connectivity index (χ4n) is 2.72. The zero-order chi connectivity index (χ0) is 23.3. The summed E-state index contributed by atoms with van der Waals surface area (Å²) in [5.41, 5.74) is 8.24. The van der Waals surface area contributed by atoms with Crippen LogP contribution in [0.5, 0.6) is 5.88 Å². The van der Waals surface area contributed by atoms with Gasteiger partial charge in [0.1, 0.15) is 18.2 Å². The summed E-state index contributed by atoms with van der Waals surface area (Å²) in [5, 5.41) is 8.46. The molecule has 0 unspecified atom stereocenters. The van der Waals surface area contributed by atoms with E-state index in [4.69, 9.17) is 27.5 Å². The average Bonchev–Trinajstić information content (AvgIpc) is 2.74. The molecule has 1 heterocycles. The highest BCUT2D eigenvalue weighted by Gasteiger charge is 2.17. The number of anilines is 2. The minimum atomic E-state index is -0.351. The number of likely N-dealkylation sites (N-methyl/N-ethyl adjacent to an activating group) is 1. The highest BCUT2D eigenvalue weighted by Crippen LogP contribution is 2.29. The molecule has 3 aromatic rings. The van der Waals surface area contributed by atoms with E-state index in [9.17, 15) is 4.39 Å². The van der Waals surface area contributed by atoms with E-state index in [0.717, 1.165) is 23.2 Å². The van der Waals surface area contributed by atoms with Gasteiger partial charge in [-0.3, -0.25) is 0 Å². The standard InChI is InChI=1S/C22H24ClFN6OS/c1-13(25)19-20(26)27-21(28-22(19)31-11-10-30(2)3)14-4-7-16(8-5-14)29-32-18-12-15(23)6-9-17(18)24/h4-9,12,25,29H,10-11H2,1-3H3,(H2,26,27,28). The summed E-state index contributed by atoms with van der Waals surface area (Å²) >= 11 is 7.06. The van der Waals surface area contributed by atoms with Gasteiger partial charge in [-0.2, -0.15) is 4.98 Å². The molecule has 4 N–H and O–H groups in total. The molecule has 0 radical (unpaired) electrons. The van der Waals surface area contributed by atoms with Crippen LogP contribution in [0.1, 0.15) is 12.5 Å². The lowest BCUT2D eigenvalue weighted by atomic mass is 10.1. The fourth-order valence-corrected chi connectivity index (χ4v) is 3.68. The Morgan fingerprint density at radius 2 is 1.94 bits per heavy atom. The molecular formula is C22H24ClFN6OS. The molecule has 0 atom stereocenters. The van der Waals surface area contributed by atoms with E-state index in [0.29, 0.717) is 34.5 Å². The van der Waals surface area contributed by atoms with Crippen molar-refractivity contribution in [3.63, 3.8) is 0 Å². The topological polar surface area (TPSA) is 100 Å². The number of rotatable bonds is 9. The van der Waals surface area contributed by atoms with Crippen LogP contribution in [0.3, 0.4) is 0 Å². The molecule has 0 aliphatic carbocycles. The summed E-state index contributed by atoms with van der Waals surface area (Å²) in [6.07, 6.45) is 0. The Bertz CT molecular complexity index is 1110. The van der Waals surface area contributed by atoms with Gasteiger partial charge in [-0.05, 0) is 75.4 Å². The molecule has 0 spiro atoms. The third-order valence-corrected chi connectivity index (χ3v) is 5.48. The smallest absolute Gasteiger partial charge is 0.228 e. The first-order valence-electron chi connectivity index (χ1n) is 9.73. The number of aromatic nitrogens is 2. The molecule has 2 aromatic carbocycles. The summed E-state index contributed by atoms with van der Waals surface area (Å²) < 4.78 is 22.8. The molecule has 0 aliphatic rings. The van der Waals surface area contributed by atoms with Gasteiger partial charge in [0.15, 0.2) is 5.82 Å². The van der Waals surface area contributed by atoms with Gasteiger partial charge in [0, 0.05) is 28.5 Å². The van der Waals surface area contributed by atoms with Crippen molar-refractivity contribution in [1.29, 1.82) is 5.41 Å². The maximum atomic E-state index is 13.9. The lowest BCUT2D eigenvalue weighted by Gasteiger charge is -2.15. The van der Waals surface area contributed by atoms with Gasteiger partial charge < -0.3 is 25.5 Å². The number of nitrogens with zero attached hydrogens (tertiary/aromatic N) is 3. The lowest BCUT2D eigenvalue weighted by molar-refractivity contribution is 0.253. The summed E-state index contributed by atoms with van der Waals surface area (Å²) in [4.78, 5) is 11.2. The number of nitrogens with one attached hydrogen (secondary N) is 2. The average molecular weight is 475 g/mol. The second-order valence-electron chi connectivity index (χ2n) is 7.25. The molecule has 32 heavy (non-hydrogen) atoms. The van der Waals surface area contributed by atoms with Gasteiger partial charge in [0.25, 0.3) is 0 Å². The minimum Gasteiger partial charge on any atom is -0.476 e. The van der Waals surface area contributed by atoms with Gasteiger partial charge in [-0.15, -0.1) is 0 Å². The molecule has 7 nitrogen and oxygen atoms in total. The van der Waals surface area contributed by atoms with E-state index in [1.165, 1.54) is 12.1 Å². The minimum absolute atomic E-state index is 0.191. The molecule has 0 fully saturated rings. The van der Waals surface area contributed by atoms with E-state index in [2.05, 4.69) is 14.7 Å². The molecule has 168 valence electrons. The summed E-state index contributed by atoms with van der Waals surface area (Å²) in [7, 11) is 3.89. The van der Waals surface area contributed by atoms with Crippen LogP contribution in [0, 0.1) is 11.2 Å². The first-order chi connectivity index (χ1) is 15.2. The van der Waals surface area contributed by atoms with E-state index < -0.39 is 0 Å². The van der Waals surface area contributed by atoms with Gasteiger partial charge in [-0.1, -0.05) is 11.6 Å². The Kier molecular flexibility index (Phi) is 7.89. The third kappa shape index (κ3) is 6.09. The summed E-state index contributed by atoms with van der Waals surface area (Å²) in [5.74, 6) is 0.524. The largest absolute Gasteiger partial charge is 0.476 e. The van der Waals surface area contributed by atoms with Crippen molar-refractivity contribution in [2.75, 3.05) is 37.7 Å². The van der Waals surface area contributed by atoms with Gasteiger partial charge in [0.05, 0.1) is 10.5 Å². The Labute approximate surface area is 195 Å². The highest BCUT2D eigenvalue weighted by molar-refractivity contribution is 8.00. The van der Waals surface area contributed by atoms with Crippen LogP contribution in [-0.4, -0.2) is 47.8 Å². The highest BCUT2D eigenvalue weighted by atomic mass is 35.5. The van der Waals surface area contributed by atoms with Crippen molar-refractivity contribution in [3.8, 4) is 17.3 Å². The first-order valence-corrected chi connectivity index (χ1v) is 10.9. The number of benzene rings is 2. The van der Waals surface area contributed by atoms with E-state index in [1.807, 2.05) is 43.3 Å². The molecule has 0 saturated carbocycles. The van der Waals surface area contributed by atoms with Crippen LogP contribution >= 0.6 is 23.5 Å². The van der Waals surface area contributed by atoms with Crippen LogP contribution in [0.15, 0.2) is 47.4 Å². The fraction of sp³-hybridized carbons (Fsp3) is 0.227. The van der Waals surface area contributed by atoms with Crippen molar-refractivity contribution in [3.05, 3.63) is 58.9 Å². The van der Waals surface area contributed by atoms with Crippen LogP contribution in [0.2, 0.25) is 5.02 Å². The van der Waals surface area contributed by atoms with Crippen molar-refractivity contribution in [1.82, 2.24) is 14.9 Å². The van der Waals surface area contributed by atoms with Crippen molar-refractivity contribution < 1.29 is 9.13 Å². The van der Waals surface area contributed by atoms with Crippen LogP contribution in [-0.2, 0) is 0 Å². The molecule has 3 rings (SSSR count). The number of hydrogen-bond donors (Lipinski definition) is 3. The number of hydrogen-bond acceptors (Lipinski definition) is 8. The predicted octanol–water partition coefficient (Wildman–Crippen LogP) is 4.97. The lowest BCUT2D eigenvalue weighted by Crippen LogP contribution is -2.21. The van der Waals surface area contributed by atoms with Crippen LogP contribution in [0.4, 0.5) is 15.9 Å². The zero-order valence-electron chi connectivity index (χ0n) is 17.9. The molecular weight excluding hydrogens is 451 g/mol. The number of ether oxygens (including phenoxy) is 1. The predicted molar refractivity (Wildman–Crippen MR) is 129 cm³/mol. The SMILES string of the molecule is CC(=N)c1c(N)nc(-c2ccc(NSc3cc(Cl)ccc3F)cc2)nc1OCCN(C)C. The van der Waals surface area contributed by atoms with E-state index in [1.54, 1.807) is 13.0 Å². The normalized spacial score (nSPS) is 10.9. The number of nitrogen functional groups attached to an aromatic ring is 1. The Hall–Kier alpha value is -2.88. The molecule has 10 heteroatoms. The van der Waals surface area contributed by atoms with Crippen molar-refractivity contribution >= 4 is 40.8 Å². The molecule has 0 bridgehead atoms. The van der Waals surface area contributed by atoms with Gasteiger partial charge >= 0.3 is 0 Å². The molecule has 0 saturated heterocycles. The molecule has 0 aliphatic heterocycles. The summed E-state index contributed by atoms with van der Waals surface area (Å²) in [6, 6.07) is 11.7. The maximum absolute atomic E-state index is 13.9. The first kappa shape index (κ1) is 23.8. The molecule has 1 aromatic heterocycles. The van der Waals surface area contributed by atoms with Crippen molar-refractivity contribution in [2.45, 2.75) is 11.8 Å². The van der Waals surface area contributed by atoms with Crippen LogP contribution < -0.4 is 15.2 Å². The van der Waals surface area contributed by atoms with Gasteiger partial charge in [0.2, 0.25) is 5.88 Å². The summed E-state index contributed by atoms with van der Waals surface area (Å²) in [6.45, 7) is 2.72. The number of nitrogens with two attached hydrogens (primary N) is 1. The number of halogens is 2. The Morgan fingerprint density at radius 3 is 2.59 bits per heavy atom. The molecule has 0 amide bonds. The quantitative estimate of drug-likeness (QED) is 0.297.